The molecule has 0 atom stereocenters. The van der Waals surface area contributed by atoms with Crippen LogP contribution in [-0.2, 0) is 14.4 Å². The summed E-state index contributed by atoms with van der Waals surface area (Å²) in [6.07, 6.45) is 0. The summed E-state index contributed by atoms with van der Waals surface area (Å²) in [5, 5.41) is 4.87. The molecule has 2 aliphatic rings. The Morgan fingerprint density at radius 3 is 2.46 bits per heavy atom. The smallest absolute Gasteiger partial charge is 0.290 e. The van der Waals surface area contributed by atoms with Crippen LogP contribution in [0.3, 0.4) is 0 Å². The Kier molecular flexibility index (Phi) is 4.66. The van der Waals surface area contributed by atoms with Crippen molar-refractivity contribution in [3.8, 4) is 0 Å². The van der Waals surface area contributed by atoms with Crippen molar-refractivity contribution in [2.75, 3.05) is 16.8 Å². The van der Waals surface area contributed by atoms with Gasteiger partial charge in [-0.25, -0.2) is 0 Å². The first-order valence-electron chi connectivity index (χ1n) is 8.18. The lowest BCUT2D eigenvalue weighted by Crippen LogP contribution is -2.35. The second-order valence-electron chi connectivity index (χ2n) is 6.01. The van der Waals surface area contributed by atoms with Crippen molar-refractivity contribution in [1.82, 2.24) is 5.32 Å². The van der Waals surface area contributed by atoms with E-state index in [1.165, 1.54) is 4.90 Å². The van der Waals surface area contributed by atoms with Gasteiger partial charge < -0.3 is 5.32 Å². The molecule has 2 aromatic carbocycles. The first kappa shape index (κ1) is 18.3. The molecule has 2 aliphatic heterocycles. The number of amides is 4. The normalized spacial score (nSPS) is 18.3. The second kappa shape index (κ2) is 7.14. The fourth-order valence-corrected chi connectivity index (χ4v) is 3.91. The van der Waals surface area contributed by atoms with Crippen LogP contribution in [0.5, 0.6) is 0 Å². The first-order chi connectivity index (χ1) is 13.4. The van der Waals surface area contributed by atoms with Gasteiger partial charge in [0, 0.05) is 16.3 Å². The molecule has 0 saturated carbocycles. The largest absolute Gasteiger partial charge is 0.325 e. The number of hydrogen-bond acceptors (Lipinski definition) is 5. The zero-order valence-corrected chi connectivity index (χ0v) is 15.8. The van der Waals surface area contributed by atoms with Gasteiger partial charge in [0.05, 0.1) is 16.2 Å². The molecule has 28 heavy (non-hydrogen) atoms. The molecule has 7 nitrogen and oxygen atoms in total. The van der Waals surface area contributed by atoms with Crippen LogP contribution >= 0.6 is 23.4 Å². The fourth-order valence-electron chi connectivity index (χ4n) is 3.01. The lowest BCUT2D eigenvalue weighted by Gasteiger charge is -2.16. The predicted molar refractivity (Wildman–Crippen MR) is 107 cm³/mol. The average Bonchev–Trinajstić information content (AvgIpc) is 3.13. The van der Waals surface area contributed by atoms with Crippen molar-refractivity contribution in [1.29, 1.82) is 0 Å². The molecule has 4 amide bonds. The quantitative estimate of drug-likeness (QED) is 0.754. The Hall–Kier alpha value is -3.10. The zero-order chi connectivity index (χ0) is 19.8. The van der Waals surface area contributed by atoms with E-state index in [1.54, 1.807) is 48.5 Å². The standard InChI is InChI=1S/C19H12ClN3O4S/c20-10-5-7-11(8-6-10)21-14(24)9-23-13-4-2-1-3-12(13)15(18(23)26)16-17(25)22-19(27)28-16/h1-8H,9H2,(H,21,24)(H,22,25,27)/b16-15+. The third kappa shape index (κ3) is 3.28. The Labute approximate surface area is 168 Å². The lowest BCUT2D eigenvalue weighted by molar-refractivity contribution is -0.118. The van der Waals surface area contributed by atoms with E-state index < -0.39 is 23.0 Å². The number of anilines is 2. The highest BCUT2D eigenvalue weighted by Crippen LogP contribution is 2.42. The van der Waals surface area contributed by atoms with Gasteiger partial charge in [0.2, 0.25) is 5.91 Å². The summed E-state index contributed by atoms with van der Waals surface area (Å²) in [5.74, 6) is -1.52. The minimum absolute atomic E-state index is 0.0445. The molecular formula is C19H12ClN3O4S. The monoisotopic (exact) mass is 413 g/mol. The van der Waals surface area contributed by atoms with E-state index in [0.29, 0.717) is 33.7 Å². The van der Waals surface area contributed by atoms with E-state index in [9.17, 15) is 19.2 Å². The molecule has 0 aliphatic carbocycles. The highest BCUT2D eigenvalue weighted by molar-refractivity contribution is 8.18. The van der Waals surface area contributed by atoms with Crippen LogP contribution in [0.15, 0.2) is 53.4 Å². The molecule has 0 spiro atoms. The summed E-state index contributed by atoms with van der Waals surface area (Å²) >= 11 is 6.51. The Balaban J connectivity index is 1.63. The molecule has 2 aromatic rings. The van der Waals surface area contributed by atoms with Crippen LogP contribution < -0.4 is 15.5 Å². The molecule has 140 valence electrons. The van der Waals surface area contributed by atoms with Crippen LogP contribution in [0.25, 0.3) is 5.57 Å². The van der Waals surface area contributed by atoms with E-state index in [0.717, 1.165) is 0 Å². The van der Waals surface area contributed by atoms with Gasteiger partial charge in [0.1, 0.15) is 6.54 Å². The fraction of sp³-hybridized carbons (Fsp3) is 0.0526. The van der Waals surface area contributed by atoms with Crippen molar-refractivity contribution in [2.24, 2.45) is 0 Å². The third-order valence-electron chi connectivity index (χ3n) is 4.20. The van der Waals surface area contributed by atoms with Gasteiger partial charge in [-0.3, -0.25) is 29.4 Å². The number of rotatable bonds is 3. The molecule has 1 fully saturated rings. The second-order valence-corrected chi connectivity index (χ2v) is 7.43. The summed E-state index contributed by atoms with van der Waals surface area (Å²) in [6, 6.07) is 13.4. The number of thioether (sulfide) groups is 1. The van der Waals surface area contributed by atoms with Crippen LogP contribution in [0.4, 0.5) is 16.2 Å². The number of para-hydroxylation sites is 1. The zero-order valence-electron chi connectivity index (χ0n) is 14.2. The van der Waals surface area contributed by atoms with Gasteiger partial charge in [-0.2, -0.15) is 0 Å². The maximum absolute atomic E-state index is 13.0. The molecule has 0 radical (unpaired) electrons. The Morgan fingerprint density at radius 1 is 1.07 bits per heavy atom. The Morgan fingerprint density at radius 2 is 1.79 bits per heavy atom. The average molecular weight is 414 g/mol. The van der Waals surface area contributed by atoms with E-state index in [1.807, 2.05) is 0 Å². The number of hydrogen-bond donors (Lipinski definition) is 2. The molecule has 0 unspecified atom stereocenters. The van der Waals surface area contributed by atoms with Crippen molar-refractivity contribution in [3.05, 3.63) is 64.0 Å². The summed E-state index contributed by atoms with van der Waals surface area (Å²) in [7, 11) is 0. The molecule has 1 saturated heterocycles. The van der Waals surface area contributed by atoms with E-state index in [-0.39, 0.29) is 17.0 Å². The van der Waals surface area contributed by atoms with E-state index in [4.69, 9.17) is 11.6 Å². The topological polar surface area (TPSA) is 95.6 Å². The number of carbonyl (C=O) groups is 4. The molecule has 9 heteroatoms. The minimum atomic E-state index is -0.611. The predicted octanol–water partition coefficient (Wildman–Crippen LogP) is 3.02. The summed E-state index contributed by atoms with van der Waals surface area (Å²) in [5.41, 5.74) is 1.70. The number of imide groups is 1. The molecular weight excluding hydrogens is 402 g/mol. The number of benzene rings is 2. The van der Waals surface area contributed by atoms with E-state index >= 15 is 0 Å². The molecule has 2 heterocycles. The molecule has 2 N–H and O–H groups in total. The SMILES string of the molecule is O=C(CN1C(=O)/C(=C2/SC(=O)NC2=O)c2ccccc21)Nc1ccc(Cl)cc1. The minimum Gasteiger partial charge on any atom is -0.325 e. The molecule has 0 aromatic heterocycles. The van der Waals surface area contributed by atoms with Crippen molar-refractivity contribution >= 4 is 63.3 Å². The van der Waals surface area contributed by atoms with Crippen molar-refractivity contribution in [2.45, 2.75) is 0 Å². The van der Waals surface area contributed by atoms with Gasteiger partial charge in [-0.1, -0.05) is 29.8 Å². The van der Waals surface area contributed by atoms with Gasteiger partial charge in [-0.15, -0.1) is 0 Å². The van der Waals surface area contributed by atoms with Crippen LogP contribution in [-0.4, -0.2) is 29.5 Å². The highest BCUT2D eigenvalue weighted by atomic mass is 35.5. The van der Waals surface area contributed by atoms with Gasteiger partial charge in [0.15, 0.2) is 0 Å². The van der Waals surface area contributed by atoms with Gasteiger partial charge in [-0.05, 0) is 42.1 Å². The molecule has 0 bridgehead atoms. The lowest BCUT2D eigenvalue weighted by atomic mass is 10.1. The Bertz CT molecular complexity index is 1070. The van der Waals surface area contributed by atoms with Crippen molar-refractivity contribution in [3.63, 3.8) is 0 Å². The first-order valence-corrected chi connectivity index (χ1v) is 9.37. The number of fused-ring (bicyclic) bond motifs is 1. The summed E-state index contributed by atoms with van der Waals surface area (Å²) < 4.78 is 0. The maximum Gasteiger partial charge on any atom is 0.290 e. The maximum atomic E-state index is 13.0. The van der Waals surface area contributed by atoms with Crippen LogP contribution in [0, 0.1) is 0 Å². The number of halogens is 1. The van der Waals surface area contributed by atoms with E-state index in [2.05, 4.69) is 10.6 Å². The van der Waals surface area contributed by atoms with Gasteiger partial charge in [0.25, 0.3) is 17.1 Å². The molecule has 4 rings (SSSR count). The van der Waals surface area contributed by atoms with Crippen LogP contribution in [0.1, 0.15) is 5.56 Å². The number of nitrogens with zero attached hydrogens (tertiary/aromatic N) is 1. The highest BCUT2D eigenvalue weighted by Gasteiger charge is 2.40. The van der Waals surface area contributed by atoms with Gasteiger partial charge >= 0.3 is 0 Å². The summed E-state index contributed by atoms with van der Waals surface area (Å²) in [4.78, 5) is 50.4. The number of nitrogens with one attached hydrogen (secondary N) is 2. The third-order valence-corrected chi connectivity index (χ3v) is 5.33. The van der Waals surface area contributed by atoms with Crippen LogP contribution in [0.2, 0.25) is 5.02 Å². The number of carbonyl (C=O) groups excluding carboxylic acids is 4. The summed E-state index contributed by atoms with van der Waals surface area (Å²) in [6.45, 7) is -0.241. The van der Waals surface area contributed by atoms with Crippen molar-refractivity contribution < 1.29 is 19.2 Å².